The van der Waals surface area contributed by atoms with Gasteiger partial charge in [0.25, 0.3) is 0 Å². The Morgan fingerprint density at radius 1 is 0.486 bits per heavy atom. The van der Waals surface area contributed by atoms with E-state index in [-0.39, 0.29) is 12.5 Å². The fourth-order valence-corrected chi connectivity index (χ4v) is 8.82. The molecule has 414 valence electrons. The Bertz CT molecular complexity index is 1450. The summed E-state index contributed by atoms with van der Waals surface area (Å²) in [4.78, 5) is 13.1. The first-order valence-electron chi connectivity index (χ1n) is 29.4. The quantitative estimate of drug-likeness (QED) is 0.0261. The number of carbonyl (C=O) groups is 1. The van der Waals surface area contributed by atoms with Gasteiger partial charge in [-0.15, -0.1) is 0 Å². The second-order valence-electron chi connectivity index (χ2n) is 20.1. The minimum atomic E-state index is -1.56. The zero-order valence-corrected chi connectivity index (χ0v) is 45.9. The molecule has 0 aromatic heterocycles. The summed E-state index contributed by atoms with van der Waals surface area (Å²) < 4.78 is 11.3. The van der Waals surface area contributed by atoms with E-state index in [0.717, 1.165) is 116 Å². The van der Waals surface area contributed by atoms with E-state index >= 15 is 0 Å². The Morgan fingerprint density at radius 2 is 0.861 bits per heavy atom. The van der Waals surface area contributed by atoms with E-state index in [9.17, 15) is 30.3 Å². The van der Waals surface area contributed by atoms with Crippen molar-refractivity contribution in [3.63, 3.8) is 0 Å². The highest BCUT2D eigenvalue weighted by atomic mass is 16.7. The van der Waals surface area contributed by atoms with Gasteiger partial charge in [0.05, 0.1) is 25.4 Å². The topological polar surface area (TPSA) is 149 Å². The van der Waals surface area contributed by atoms with Crippen LogP contribution in [0.25, 0.3) is 0 Å². The SMILES string of the molecule is CC/C=C\C/C=C\C/C=C\C/C=C\C/C=C\C/C=C\C/C=C\C/C=C\CCCCCCCCC(=O)NC(COC1OC(CO)C(O)C(O)C1O)C(O)CCCCCCCCCCCCCCCCCCCC. The molecule has 1 amide bonds. The van der Waals surface area contributed by atoms with E-state index in [1.54, 1.807) is 0 Å². The summed E-state index contributed by atoms with van der Waals surface area (Å²) in [6, 6.07) is -0.734. The number of hydrogen-bond acceptors (Lipinski definition) is 8. The van der Waals surface area contributed by atoms with E-state index in [4.69, 9.17) is 9.47 Å². The smallest absolute Gasteiger partial charge is 0.220 e. The van der Waals surface area contributed by atoms with Crippen LogP contribution in [0.3, 0.4) is 0 Å². The van der Waals surface area contributed by atoms with Gasteiger partial charge >= 0.3 is 0 Å². The molecule has 1 aliphatic rings. The van der Waals surface area contributed by atoms with E-state index < -0.39 is 49.5 Å². The predicted molar refractivity (Wildman–Crippen MR) is 304 cm³/mol. The van der Waals surface area contributed by atoms with Crippen molar-refractivity contribution in [3.05, 3.63) is 97.2 Å². The third kappa shape index (κ3) is 40.5. The number of allylic oxidation sites excluding steroid dienone is 16. The third-order valence-electron chi connectivity index (χ3n) is 13.5. The average molecular weight is 1010 g/mol. The Labute approximate surface area is 441 Å². The minimum Gasteiger partial charge on any atom is -0.394 e. The number of amides is 1. The molecular weight excluding hydrogens is 899 g/mol. The lowest BCUT2D eigenvalue weighted by Gasteiger charge is -2.40. The molecule has 0 aromatic rings. The molecule has 0 radical (unpaired) electrons. The molecule has 9 heteroatoms. The molecule has 7 unspecified atom stereocenters. The van der Waals surface area contributed by atoms with E-state index in [1.165, 1.54) is 96.3 Å². The van der Waals surface area contributed by atoms with Gasteiger partial charge in [-0.05, 0) is 77.0 Å². The van der Waals surface area contributed by atoms with Crippen molar-refractivity contribution in [1.82, 2.24) is 5.32 Å². The van der Waals surface area contributed by atoms with Gasteiger partial charge < -0.3 is 40.3 Å². The van der Waals surface area contributed by atoms with Crippen molar-refractivity contribution in [2.45, 2.75) is 281 Å². The molecule has 0 aliphatic carbocycles. The number of aliphatic hydroxyl groups excluding tert-OH is 5. The summed E-state index contributed by atoms with van der Waals surface area (Å²) in [5.74, 6) is -0.161. The second kappa shape index (κ2) is 51.6. The first-order chi connectivity index (χ1) is 35.3. The van der Waals surface area contributed by atoms with Crippen molar-refractivity contribution in [2.24, 2.45) is 0 Å². The highest BCUT2D eigenvalue weighted by molar-refractivity contribution is 5.76. The summed E-state index contributed by atoms with van der Waals surface area (Å²) in [6.07, 6.45) is 67.1. The molecule has 9 nitrogen and oxygen atoms in total. The van der Waals surface area contributed by atoms with Crippen molar-refractivity contribution in [2.75, 3.05) is 13.2 Å². The summed E-state index contributed by atoms with van der Waals surface area (Å²) in [6.45, 7) is 3.72. The monoisotopic (exact) mass is 1010 g/mol. The number of hydrogen-bond donors (Lipinski definition) is 6. The van der Waals surface area contributed by atoms with Gasteiger partial charge in [-0.1, -0.05) is 252 Å². The van der Waals surface area contributed by atoms with Crippen LogP contribution in [0.5, 0.6) is 0 Å². The molecule has 72 heavy (non-hydrogen) atoms. The predicted octanol–water partition coefficient (Wildman–Crippen LogP) is 14.8. The highest BCUT2D eigenvalue weighted by Crippen LogP contribution is 2.23. The minimum absolute atomic E-state index is 0.149. The molecule has 0 bridgehead atoms. The standard InChI is InChI=1S/C63H109NO8/c1-3-5-7-9-11-13-15-17-19-21-23-24-25-26-27-28-29-30-31-32-33-34-35-37-39-41-43-45-47-49-51-53-59(67)64-56(55-71-63-62(70)61(69)60(68)58(54-65)72-63)57(66)52-50-48-46-44-42-40-38-36-22-20-18-16-14-12-10-8-6-4-2/h5,7,11,13,17,19,23-24,26-27,29-30,32-33,35,37,56-58,60-63,65-66,68-70H,3-4,6,8-10,12,14-16,18,20-22,25,28,31,34,36,38-55H2,1-2H3,(H,64,67)/b7-5-,13-11-,19-17-,24-23-,27-26-,30-29-,33-32-,37-35-. The van der Waals surface area contributed by atoms with Gasteiger partial charge in [0.1, 0.15) is 24.4 Å². The fraction of sp³-hybridized carbons (Fsp3) is 0.730. The Morgan fingerprint density at radius 3 is 1.28 bits per heavy atom. The van der Waals surface area contributed by atoms with Crippen LogP contribution in [-0.4, -0.2) is 87.5 Å². The molecule has 6 N–H and O–H groups in total. The van der Waals surface area contributed by atoms with Crippen LogP contribution in [-0.2, 0) is 14.3 Å². The van der Waals surface area contributed by atoms with Crippen molar-refractivity contribution < 1.29 is 39.8 Å². The van der Waals surface area contributed by atoms with Gasteiger partial charge in [0.15, 0.2) is 6.29 Å². The van der Waals surface area contributed by atoms with Crippen molar-refractivity contribution >= 4 is 5.91 Å². The van der Waals surface area contributed by atoms with Crippen LogP contribution >= 0.6 is 0 Å². The van der Waals surface area contributed by atoms with E-state index in [2.05, 4.69) is 116 Å². The molecule has 1 rings (SSSR count). The molecule has 0 aromatic carbocycles. The molecule has 1 aliphatic heterocycles. The van der Waals surface area contributed by atoms with E-state index in [0.29, 0.717) is 12.8 Å². The molecule has 0 spiro atoms. The third-order valence-corrected chi connectivity index (χ3v) is 13.5. The zero-order chi connectivity index (χ0) is 52.2. The average Bonchev–Trinajstić information content (AvgIpc) is 3.38. The highest BCUT2D eigenvalue weighted by Gasteiger charge is 2.44. The fourth-order valence-electron chi connectivity index (χ4n) is 8.82. The maximum atomic E-state index is 13.1. The van der Waals surface area contributed by atoms with Crippen molar-refractivity contribution in [1.29, 1.82) is 0 Å². The van der Waals surface area contributed by atoms with Gasteiger partial charge in [-0.25, -0.2) is 0 Å². The Balaban J connectivity index is 2.23. The summed E-state index contributed by atoms with van der Waals surface area (Å²) >= 11 is 0. The number of rotatable bonds is 49. The zero-order valence-electron chi connectivity index (χ0n) is 45.9. The lowest BCUT2D eigenvalue weighted by molar-refractivity contribution is -0.302. The number of aliphatic hydroxyl groups is 5. The maximum absolute atomic E-state index is 13.1. The number of unbranched alkanes of at least 4 members (excludes halogenated alkanes) is 23. The van der Waals surface area contributed by atoms with Crippen LogP contribution in [0.15, 0.2) is 97.2 Å². The van der Waals surface area contributed by atoms with Gasteiger partial charge in [0, 0.05) is 6.42 Å². The van der Waals surface area contributed by atoms with Crippen LogP contribution in [0, 0.1) is 0 Å². The van der Waals surface area contributed by atoms with Crippen LogP contribution < -0.4 is 5.32 Å². The Hall–Kier alpha value is -2.89. The molecule has 1 heterocycles. The molecule has 1 saturated heterocycles. The van der Waals surface area contributed by atoms with Crippen LogP contribution in [0.2, 0.25) is 0 Å². The molecule has 1 fully saturated rings. The maximum Gasteiger partial charge on any atom is 0.220 e. The van der Waals surface area contributed by atoms with Crippen molar-refractivity contribution in [3.8, 4) is 0 Å². The molecule has 0 saturated carbocycles. The largest absolute Gasteiger partial charge is 0.394 e. The Kier molecular flexibility index (Phi) is 48.1. The first-order valence-corrected chi connectivity index (χ1v) is 29.4. The van der Waals surface area contributed by atoms with Gasteiger partial charge in [-0.3, -0.25) is 4.79 Å². The van der Waals surface area contributed by atoms with Gasteiger partial charge in [0.2, 0.25) is 5.91 Å². The normalized spacial score (nSPS) is 19.9. The molecular formula is C63H109NO8. The summed E-state index contributed by atoms with van der Waals surface area (Å²) in [5.41, 5.74) is 0. The number of nitrogens with one attached hydrogen (secondary N) is 1. The van der Waals surface area contributed by atoms with Crippen LogP contribution in [0.4, 0.5) is 0 Å². The van der Waals surface area contributed by atoms with Crippen LogP contribution in [0.1, 0.15) is 239 Å². The summed E-state index contributed by atoms with van der Waals surface area (Å²) in [7, 11) is 0. The summed E-state index contributed by atoms with van der Waals surface area (Å²) in [5, 5.41) is 54.7. The lowest BCUT2D eigenvalue weighted by atomic mass is 9.99. The van der Waals surface area contributed by atoms with Gasteiger partial charge in [-0.2, -0.15) is 0 Å². The first kappa shape index (κ1) is 67.1. The van der Waals surface area contributed by atoms with E-state index in [1.807, 2.05) is 0 Å². The number of ether oxygens (including phenoxy) is 2. The molecule has 7 atom stereocenters. The second-order valence-corrected chi connectivity index (χ2v) is 20.1. The number of carbonyl (C=O) groups excluding carboxylic acids is 1. The lowest BCUT2D eigenvalue weighted by Crippen LogP contribution is -2.60.